The summed E-state index contributed by atoms with van der Waals surface area (Å²) in [6, 6.07) is 12.8. The SMILES string of the molecule is COc1ccc(NC(=O)[C@H](C)OC(=O)/C=C/c2ccc(C(C)C)cc2)cc1Cl. The zero-order valence-corrected chi connectivity index (χ0v) is 17.1. The second kappa shape index (κ2) is 9.95. The first-order valence-electron chi connectivity index (χ1n) is 8.93. The van der Waals surface area contributed by atoms with Crippen LogP contribution >= 0.6 is 11.6 Å². The van der Waals surface area contributed by atoms with Crippen molar-refractivity contribution in [2.24, 2.45) is 0 Å². The monoisotopic (exact) mass is 401 g/mol. The molecule has 2 aromatic rings. The van der Waals surface area contributed by atoms with Crippen LogP contribution in [0.1, 0.15) is 37.8 Å². The molecule has 0 saturated carbocycles. The first-order chi connectivity index (χ1) is 13.3. The van der Waals surface area contributed by atoms with E-state index in [4.69, 9.17) is 21.1 Å². The lowest BCUT2D eigenvalue weighted by Gasteiger charge is -2.13. The summed E-state index contributed by atoms with van der Waals surface area (Å²) in [5.74, 6) is -0.0961. The lowest BCUT2D eigenvalue weighted by molar-refractivity contribution is -0.148. The second-order valence-corrected chi connectivity index (χ2v) is 6.98. The highest BCUT2D eigenvalue weighted by molar-refractivity contribution is 6.32. The van der Waals surface area contributed by atoms with Crippen LogP contribution in [0.2, 0.25) is 5.02 Å². The van der Waals surface area contributed by atoms with E-state index in [1.807, 2.05) is 24.3 Å². The molecule has 1 atom stereocenters. The molecule has 0 bridgehead atoms. The molecule has 1 amide bonds. The lowest BCUT2D eigenvalue weighted by atomic mass is 10.0. The maximum atomic E-state index is 12.2. The smallest absolute Gasteiger partial charge is 0.331 e. The van der Waals surface area contributed by atoms with Gasteiger partial charge in [0.1, 0.15) is 5.75 Å². The summed E-state index contributed by atoms with van der Waals surface area (Å²) in [6.07, 6.45) is 2.00. The third kappa shape index (κ3) is 6.13. The van der Waals surface area contributed by atoms with Crippen LogP contribution in [0.3, 0.4) is 0 Å². The molecule has 0 aliphatic rings. The van der Waals surface area contributed by atoms with E-state index in [2.05, 4.69) is 19.2 Å². The molecule has 0 heterocycles. The first-order valence-corrected chi connectivity index (χ1v) is 9.31. The number of nitrogens with one attached hydrogen (secondary N) is 1. The minimum Gasteiger partial charge on any atom is -0.495 e. The maximum Gasteiger partial charge on any atom is 0.331 e. The molecule has 2 aromatic carbocycles. The van der Waals surface area contributed by atoms with Gasteiger partial charge >= 0.3 is 5.97 Å². The molecule has 28 heavy (non-hydrogen) atoms. The number of rotatable bonds is 7. The maximum absolute atomic E-state index is 12.2. The van der Waals surface area contributed by atoms with Crippen LogP contribution in [0.5, 0.6) is 5.75 Å². The third-order valence-electron chi connectivity index (χ3n) is 4.10. The van der Waals surface area contributed by atoms with Crippen molar-refractivity contribution in [2.75, 3.05) is 12.4 Å². The fourth-order valence-corrected chi connectivity index (χ4v) is 2.67. The van der Waals surface area contributed by atoms with Gasteiger partial charge in [0, 0.05) is 11.8 Å². The molecule has 2 rings (SSSR count). The largest absolute Gasteiger partial charge is 0.495 e. The molecule has 1 N–H and O–H groups in total. The van der Waals surface area contributed by atoms with Crippen molar-refractivity contribution in [3.05, 3.63) is 64.7 Å². The Labute approximate surface area is 170 Å². The molecule has 6 heteroatoms. The molecule has 0 aliphatic heterocycles. The normalized spacial score (nSPS) is 12.1. The number of carbonyl (C=O) groups is 2. The summed E-state index contributed by atoms with van der Waals surface area (Å²) < 4.78 is 10.2. The Bertz CT molecular complexity index is 859. The number of methoxy groups -OCH3 is 1. The Morgan fingerprint density at radius 3 is 2.32 bits per heavy atom. The fraction of sp³-hybridized carbons (Fsp3) is 0.273. The van der Waals surface area contributed by atoms with Gasteiger partial charge in [-0.3, -0.25) is 4.79 Å². The van der Waals surface area contributed by atoms with Crippen LogP contribution in [0.4, 0.5) is 5.69 Å². The molecule has 0 saturated heterocycles. The van der Waals surface area contributed by atoms with Crippen molar-refractivity contribution in [3.8, 4) is 5.75 Å². The van der Waals surface area contributed by atoms with Crippen LogP contribution < -0.4 is 10.1 Å². The van der Waals surface area contributed by atoms with Gasteiger partial charge in [0.25, 0.3) is 5.91 Å². The van der Waals surface area contributed by atoms with E-state index in [1.54, 1.807) is 24.3 Å². The highest BCUT2D eigenvalue weighted by Gasteiger charge is 2.17. The number of anilines is 1. The van der Waals surface area contributed by atoms with Crippen molar-refractivity contribution < 1.29 is 19.1 Å². The Morgan fingerprint density at radius 1 is 1.07 bits per heavy atom. The predicted octanol–water partition coefficient (Wildman–Crippen LogP) is 5.06. The van der Waals surface area contributed by atoms with Crippen molar-refractivity contribution >= 4 is 35.2 Å². The highest BCUT2D eigenvalue weighted by Crippen LogP contribution is 2.27. The van der Waals surface area contributed by atoms with Crippen LogP contribution in [-0.2, 0) is 14.3 Å². The molecule has 5 nitrogen and oxygen atoms in total. The Kier molecular flexibility index (Phi) is 7.64. The van der Waals surface area contributed by atoms with Gasteiger partial charge in [-0.15, -0.1) is 0 Å². The zero-order valence-electron chi connectivity index (χ0n) is 16.4. The summed E-state index contributed by atoms with van der Waals surface area (Å²) in [6.45, 7) is 5.74. The van der Waals surface area contributed by atoms with Crippen LogP contribution in [0.15, 0.2) is 48.5 Å². The Morgan fingerprint density at radius 2 is 1.75 bits per heavy atom. The first kappa shape index (κ1) is 21.5. The van der Waals surface area contributed by atoms with E-state index < -0.39 is 18.0 Å². The van der Waals surface area contributed by atoms with Crippen molar-refractivity contribution in [1.29, 1.82) is 0 Å². The van der Waals surface area contributed by atoms with Crippen molar-refractivity contribution in [1.82, 2.24) is 0 Å². The number of hydrogen-bond donors (Lipinski definition) is 1. The molecule has 0 unspecified atom stereocenters. The fourth-order valence-electron chi connectivity index (χ4n) is 2.41. The second-order valence-electron chi connectivity index (χ2n) is 6.57. The van der Waals surface area contributed by atoms with E-state index in [0.29, 0.717) is 22.4 Å². The minimum absolute atomic E-state index is 0.372. The number of esters is 1. The van der Waals surface area contributed by atoms with Gasteiger partial charge in [0.2, 0.25) is 0 Å². The standard InChI is InChI=1S/C22H24ClNO4/c1-14(2)17-8-5-16(6-9-17)7-12-21(25)28-15(3)22(26)24-18-10-11-20(27-4)19(23)13-18/h5-15H,1-4H3,(H,24,26)/b12-7+/t15-/m0/s1. The van der Waals surface area contributed by atoms with Crippen LogP contribution in [0, 0.1) is 0 Å². The number of halogens is 1. The van der Waals surface area contributed by atoms with E-state index in [1.165, 1.54) is 25.7 Å². The van der Waals surface area contributed by atoms with E-state index >= 15 is 0 Å². The van der Waals surface area contributed by atoms with Gasteiger partial charge in [0.15, 0.2) is 6.10 Å². The molecular formula is C22H24ClNO4. The molecule has 148 valence electrons. The molecule has 0 aromatic heterocycles. The van der Waals surface area contributed by atoms with Gasteiger partial charge < -0.3 is 14.8 Å². The quantitative estimate of drug-likeness (QED) is 0.520. The van der Waals surface area contributed by atoms with Gasteiger partial charge in [-0.2, -0.15) is 0 Å². The van der Waals surface area contributed by atoms with Crippen LogP contribution in [0.25, 0.3) is 6.08 Å². The van der Waals surface area contributed by atoms with E-state index in [0.717, 1.165) is 5.56 Å². The van der Waals surface area contributed by atoms with Crippen molar-refractivity contribution in [2.45, 2.75) is 32.8 Å². The number of amides is 1. The number of benzene rings is 2. The van der Waals surface area contributed by atoms with Crippen LogP contribution in [-0.4, -0.2) is 25.1 Å². The number of ether oxygens (including phenoxy) is 2. The highest BCUT2D eigenvalue weighted by atomic mass is 35.5. The molecule has 0 spiro atoms. The minimum atomic E-state index is -0.957. The van der Waals surface area contributed by atoms with Gasteiger partial charge in [-0.1, -0.05) is 49.7 Å². The van der Waals surface area contributed by atoms with Gasteiger partial charge in [0.05, 0.1) is 12.1 Å². The molecule has 0 aliphatic carbocycles. The average molecular weight is 402 g/mol. The van der Waals surface area contributed by atoms with Gasteiger partial charge in [-0.05, 0) is 48.2 Å². The Hall–Kier alpha value is -2.79. The summed E-state index contributed by atoms with van der Waals surface area (Å²) in [4.78, 5) is 24.2. The lowest BCUT2D eigenvalue weighted by Crippen LogP contribution is -2.29. The van der Waals surface area contributed by atoms with E-state index in [9.17, 15) is 9.59 Å². The summed E-state index contributed by atoms with van der Waals surface area (Å²) >= 11 is 6.03. The molecule has 0 fully saturated rings. The summed E-state index contributed by atoms with van der Waals surface area (Å²) in [7, 11) is 1.51. The van der Waals surface area contributed by atoms with Gasteiger partial charge in [-0.25, -0.2) is 4.79 Å². The predicted molar refractivity (Wildman–Crippen MR) is 112 cm³/mol. The average Bonchev–Trinajstić information content (AvgIpc) is 2.66. The molecule has 0 radical (unpaired) electrons. The summed E-state index contributed by atoms with van der Waals surface area (Å²) in [5.41, 5.74) is 2.59. The number of hydrogen-bond acceptors (Lipinski definition) is 4. The zero-order chi connectivity index (χ0) is 20.7. The summed E-state index contributed by atoms with van der Waals surface area (Å²) in [5, 5.41) is 3.02. The molecular weight excluding hydrogens is 378 g/mol. The topological polar surface area (TPSA) is 64.6 Å². The van der Waals surface area contributed by atoms with E-state index in [-0.39, 0.29) is 0 Å². The Balaban J connectivity index is 1.90. The number of carbonyl (C=O) groups excluding carboxylic acids is 2. The van der Waals surface area contributed by atoms with Crippen molar-refractivity contribution in [3.63, 3.8) is 0 Å². The third-order valence-corrected chi connectivity index (χ3v) is 4.39.